The highest BCUT2D eigenvalue weighted by Gasteiger charge is 2.34. The third-order valence-electron chi connectivity index (χ3n) is 6.02. The summed E-state index contributed by atoms with van der Waals surface area (Å²) in [5.41, 5.74) is 0.325. The minimum Gasteiger partial charge on any atom is -0.492 e. The van der Waals surface area contributed by atoms with E-state index in [2.05, 4.69) is 5.32 Å². The van der Waals surface area contributed by atoms with Crippen molar-refractivity contribution in [3.8, 4) is 5.75 Å². The molecule has 0 aliphatic rings. The normalized spacial score (nSPS) is 12.4. The molecule has 0 spiro atoms. The average molecular weight is 621 g/mol. The van der Waals surface area contributed by atoms with Crippen LogP contribution in [0.4, 0.5) is 5.69 Å². The molecule has 2 amide bonds. The predicted molar refractivity (Wildman–Crippen MR) is 163 cm³/mol. The molecule has 0 aromatic heterocycles. The Balaban J connectivity index is 2.09. The Labute approximate surface area is 252 Å². The smallest absolute Gasteiger partial charge is 0.264 e. The van der Waals surface area contributed by atoms with E-state index >= 15 is 0 Å². The first-order chi connectivity index (χ1) is 19.2. The average Bonchev–Trinajstić information content (AvgIpc) is 2.90. The molecular formula is C30H35Cl2N3O5S. The molecule has 0 radical (unpaired) electrons. The number of halogens is 2. The molecule has 0 unspecified atom stereocenters. The highest BCUT2D eigenvalue weighted by molar-refractivity contribution is 7.92. The van der Waals surface area contributed by atoms with E-state index in [1.54, 1.807) is 62.4 Å². The van der Waals surface area contributed by atoms with Gasteiger partial charge in [-0.2, -0.15) is 0 Å². The predicted octanol–water partition coefficient (Wildman–Crippen LogP) is 5.92. The molecule has 0 fully saturated rings. The van der Waals surface area contributed by atoms with Gasteiger partial charge in [0.25, 0.3) is 10.0 Å². The summed E-state index contributed by atoms with van der Waals surface area (Å²) in [4.78, 5) is 28.6. The van der Waals surface area contributed by atoms with Gasteiger partial charge in [0.2, 0.25) is 11.8 Å². The van der Waals surface area contributed by atoms with Crippen LogP contribution in [-0.4, -0.2) is 49.9 Å². The van der Waals surface area contributed by atoms with Gasteiger partial charge in [-0.05, 0) is 88.7 Å². The molecule has 0 bridgehead atoms. The fourth-order valence-corrected chi connectivity index (χ4v) is 5.84. The Morgan fingerprint density at radius 1 is 0.951 bits per heavy atom. The second-order valence-corrected chi connectivity index (χ2v) is 13.2. The zero-order chi connectivity index (χ0) is 30.4. The number of amides is 2. The van der Waals surface area contributed by atoms with Crippen molar-refractivity contribution < 1.29 is 22.7 Å². The van der Waals surface area contributed by atoms with Crippen LogP contribution in [0.25, 0.3) is 0 Å². The first-order valence-corrected chi connectivity index (χ1v) is 15.3. The number of rotatable bonds is 11. The fourth-order valence-electron chi connectivity index (χ4n) is 4.08. The molecule has 41 heavy (non-hydrogen) atoms. The third kappa shape index (κ3) is 8.61. The van der Waals surface area contributed by atoms with Gasteiger partial charge < -0.3 is 15.0 Å². The number of carbonyl (C=O) groups excluding carboxylic acids is 2. The number of para-hydroxylation sites is 2. The quantitative estimate of drug-likeness (QED) is 0.287. The highest BCUT2D eigenvalue weighted by atomic mass is 35.5. The topological polar surface area (TPSA) is 96.0 Å². The van der Waals surface area contributed by atoms with Crippen molar-refractivity contribution >= 4 is 50.7 Å². The van der Waals surface area contributed by atoms with Crippen LogP contribution >= 0.6 is 23.2 Å². The lowest BCUT2D eigenvalue weighted by atomic mass is 10.1. The van der Waals surface area contributed by atoms with E-state index in [1.165, 1.54) is 29.2 Å². The van der Waals surface area contributed by atoms with Crippen LogP contribution in [0.5, 0.6) is 5.75 Å². The molecule has 1 atom stereocenters. The van der Waals surface area contributed by atoms with Crippen LogP contribution in [0.3, 0.4) is 0 Å². The zero-order valence-corrected chi connectivity index (χ0v) is 26.1. The van der Waals surface area contributed by atoms with Gasteiger partial charge in [0.15, 0.2) is 0 Å². The fraction of sp³-hybridized carbons (Fsp3) is 0.333. The molecule has 8 nitrogen and oxygen atoms in total. The Morgan fingerprint density at radius 2 is 1.61 bits per heavy atom. The maximum absolute atomic E-state index is 14.1. The Kier molecular flexibility index (Phi) is 10.7. The van der Waals surface area contributed by atoms with Crippen LogP contribution in [0.2, 0.25) is 10.0 Å². The second kappa shape index (κ2) is 13.6. The van der Waals surface area contributed by atoms with Crippen molar-refractivity contribution in [1.82, 2.24) is 10.2 Å². The summed E-state index contributed by atoms with van der Waals surface area (Å²) >= 11 is 12.2. The van der Waals surface area contributed by atoms with Crippen molar-refractivity contribution in [2.24, 2.45) is 0 Å². The minimum absolute atomic E-state index is 0.0278. The Hall–Kier alpha value is -3.27. The van der Waals surface area contributed by atoms with E-state index in [1.807, 2.05) is 20.8 Å². The summed E-state index contributed by atoms with van der Waals surface area (Å²) in [6.07, 6.45) is 0. The van der Waals surface area contributed by atoms with Gasteiger partial charge in [-0.25, -0.2) is 8.42 Å². The molecule has 0 aliphatic heterocycles. The molecule has 0 saturated heterocycles. The minimum atomic E-state index is -4.27. The summed E-state index contributed by atoms with van der Waals surface area (Å²) in [6, 6.07) is 18.3. The number of hydrogen-bond acceptors (Lipinski definition) is 5. The van der Waals surface area contributed by atoms with Crippen molar-refractivity contribution in [3.63, 3.8) is 0 Å². The van der Waals surface area contributed by atoms with Crippen LogP contribution in [0, 0.1) is 0 Å². The van der Waals surface area contributed by atoms with Gasteiger partial charge >= 0.3 is 0 Å². The largest absolute Gasteiger partial charge is 0.492 e. The number of carbonyl (C=O) groups is 2. The van der Waals surface area contributed by atoms with E-state index in [0.29, 0.717) is 21.4 Å². The molecular weight excluding hydrogens is 585 g/mol. The maximum Gasteiger partial charge on any atom is 0.264 e. The van der Waals surface area contributed by atoms with Crippen molar-refractivity contribution in [1.29, 1.82) is 0 Å². The molecule has 0 heterocycles. The van der Waals surface area contributed by atoms with Gasteiger partial charge in [-0.1, -0.05) is 47.5 Å². The number of nitrogens with zero attached hydrogens (tertiary/aromatic N) is 2. The van der Waals surface area contributed by atoms with E-state index < -0.39 is 34.1 Å². The number of benzene rings is 3. The van der Waals surface area contributed by atoms with Crippen molar-refractivity contribution in [3.05, 3.63) is 88.4 Å². The van der Waals surface area contributed by atoms with Crippen LogP contribution in [0.15, 0.2) is 77.7 Å². The first kappa shape index (κ1) is 32.2. The third-order valence-corrected chi connectivity index (χ3v) is 8.28. The number of sulfonamides is 1. The van der Waals surface area contributed by atoms with Crippen molar-refractivity contribution in [2.75, 3.05) is 17.5 Å². The van der Waals surface area contributed by atoms with Crippen LogP contribution < -0.4 is 14.4 Å². The molecule has 11 heteroatoms. The maximum atomic E-state index is 14.1. The Bertz CT molecular complexity index is 1470. The summed E-state index contributed by atoms with van der Waals surface area (Å²) in [5, 5.41) is 3.74. The van der Waals surface area contributed by atoms with E-state index in [9.17, 15) is 18.0 Å². The van der Waals surface area contributed by atoms with E-state index in [4.69, 9.17) is 27.9 Å². The first-order valence-electron chi connectivity index (χ1n) is 13.1. The van der Waals surface area contributed by atoms with Crippen LogP contribution in [-0.2, 0) is 26.2 Å². The molecule has 1 N–H and O–H groups in total. The van der Waals surface area contributed by atoms with Crippen molar-refractivity contribution in [2.45, 2.75) is 57.6 Å². The number of nitrogens with one attached hydrogen (secondary N) is 1. The lowest BCUT2D eigenvalue weighted by Crippen LogP contribution is -2.54. The van der Waals surface area contributed by atoms with Gasteiger partial charge in [0, 0.05) is 22.1 Å². The van der Waals surface area contributed by atoms with Gasteiger partial charge in [0.1, 0.15) is 18.3 Å². The van der Waals surface area contributed by atoms with E-state index in [0.717, 1.165) is 4.31 Å². The van der Waals surface area contributed by atoms with E-state index in [-0.39, 0.29) is 29.6 Å². The number of hydrogen-bond donors (Lipinski definition) is 1. The van der Waals surface area contributed by atoms with Gasteiger partial charge in [-0.3, -0.25) is 13.9 Å². The van der Waals surface area contributed by atoms with Gasteiger partial charge in [-0.15, -0.1) is 0 Å². The standard InChI is InChI=1S/C30H35Cl2N3O5S/c1-6-40-27-13-8-7-12-26(27)35(41(38,39)25-16-14-23(31)15-17-25)20-28(36)34(19-22-10-9-11-24(32)18-22)21(2)29(37)33-30(3,4)5/h7-18,21H,6,19-20H2,1-5H3,(H,33,37)/t21-/m0/s1. The molecule has 0 aliphatic carbocycles. The molecule has 0 saturated carbocycles. The number of ether oxygens (including phenoxy) is 1. The summed E-state index contributed by atoms with van der Waals surface area (Å²) in [5.74, 6) is -0.680. The monoisotopic (exact) mass is 619 g/mol. The number of anilines is 1. The summed E-state index contributed by atoms with van der Waals surface area (Å²) in [7, 11) is -4.27. The summed E-state index contributed by atoms with van der Waals surface area (Å²) in [6.45, 7) is 8.62. The van der Waals surface area contributed by atoms with Crippen LogP contribution in [0.1, 0.15) is 40.2 Å². The zero-order valence-electron chi connectivity index (χ0n) is 23.7. The summed E-state index contributed by atoms with van der Waals surface area (Å²) < 4.78 is 34.8. The van der Waals surface area contributed by atoms with Gasteiger partial charge in [0.05, 0.1) is 17.2 Å². The second-order valence-electron chi connectivity index (χ2n) is 10.4. The SMILES string of the molecule is CCOc1ccccc1N(CC(=O)N(Cc1cccc(Cl)c1)[C@@H](C)C(=O)NC(C)(C)C)S(=O)(=O)c1ccc(Cl)cc1. The molecule has 220 valence electrons. The lowest BCUT2D eigenvalue weighted by Gasteiger charge is -2.33. The molecule has 3 rings (SSSR count). The Morgan fingerprint density at radius 3 is 2.22 bits per heavy atom. The molecule has 3 aromatic carbocycles. The molecule has 3 aromatic rings. The lowest BCUT2D eigenvalue weighted by molar-refractivity contribution is -0.140. The highest BCUT2D eigenvalue weighted by Crippen LogP contribution is 2.33.